The number of fused-ring (bicyclic) bond motifs is 2. The van der Waals surface area contributed by atoms with Gasteiger partial charge >= 0.3 is 0 Å². The molecule has 0 saturated heterocycles. The first-order valence-corrected chi connectivity index (χ1v) is 7.10. The maximum Gasteiger partial charge on any atom is 0.196 e. The summed E-state index contributed by atoms with van der Waals surface area (Å²) in [6.45, 7) is 0.565. The van der Waals surface area contributed by atoms with Gasteiger partial charge in [-0.3, -0.25) is 9.59 Å². The van der Waals surface area contributed by atoms with Crippen LogP contribution < -0.4 is 11.1 Å². The van der Waals surface area contributed by atoms with Gasteiger partial charge in [0, 0.05) is 35.7 Å². The Morgan fingerprint density at radius 3 is 2.23 bits per heavy atom. The third-order valence-electron chi connectivity index (χ3n) is 3.76. The molecule has 5 heteroatoms. The Bertz CT molecular complexity index is 768. The lowest BCUT2D eigenvalue weighted by Gasteiger charge is -2.22. The molecule has 0 saturated carbocycles. The van der Waals surface area contributed by atoms with Gasteiger partial charge in [0.15, 0.2) is 11.6 Å². The Morgan fingerprint density at radius 2 is 1.59 bits per heavy atom. The lowest BCUT2D eigenvalue weighted by molar-refractivity contribution is 0.0980. The fraction of sp³-hybridized carbons (Fsp3) is 0.176. The number of carbonyl (C=O) groups excluding carboxylic acids is 2. The minimum absolute atomic E-state index is 0.0554. The van der Waals surface area contributed by atoms with E-state index in [1.54, 1.807) is 36.4 Å². The monoisotopic (exact) mass is 296 g/mol. The lowest BCUT2D eigenvalue weighted by atomic mass is 9.82. The number of aliphatic hydroxyl groups is 1. The minimum atomic E-state index is -0.228. The second-order valence-electron chi connectivity index (χ2n) is 5.16. The molecule has 112 valence electrons. The normalized spacial score (nSPS) is 12.8. The zero-order valence-electron chi connectivity index (χ0n) is 11.9. The molecule has 0 fully saturated rings. The molecule has 0 spiro atoms. The van der Waals surface area contributed by atoms with Crippen molar-refractivity contribution in [2.24, 2.45) is 0 Å². The zero-order chi connectivity index (χ0) is 15.7. The van der Waals surface area contributed by atoms with E-state index < -0.39 is 0 Å². The summed E-state index contributed by atoms with van der Waals surface area (Å²) >= 11 is 0. The molecule has 4 N–H and O–H groups in total. The number of hydrogen-bond acceptors (Lipinski definition) is 5. The first-order chi connectivity index (χ1) is 10.6. The van der Waals surface area contributed by atoms with Crippen molar-refractivity contribution in [2.45, 2.75) is 6.42 Å². The third kappa shape index (κ3) is 2.16. The zero-order valence-corrected chi connectivity index (χ0v) is 11.9. The molecule has 0 heterocycles. The van der Waals surface area contributed by atoms with Gasteiger partial charge in [-0.1, -0.05) is 24.3 Å². The number of ketones is 2. The molecule has 2 aromatic rings. The molecule has 3 rings (SSSR count). The predicted octanol–water partition coefficient (Wildman–Crippen LogP) is 1.84. The van der Waals surface area contributed by atoms with Crippen LogP contribution in [0.25, 0.3) is 0 Å². The predicted molar refractivity (Wildman–Crippen MR) is 84.4 cm³/mol. The number of carbonyl (C=O) groups is 2. The average Bonchev–Trinajstić information content (AvgIpc) is 2.54. The van der Waals surface area contributed by atoms with Crippen LogP contribution in [-0.2, 0) is 0 Å². The molecular formula is C17H16N2O3. The molecular weight excluding hydrogens is 280 g/mol. The Labute approximate surface area is 127 Å². The summed E-state index contributed by atoms with van der Waals surface area (Å²) in [7, 11) is 0. The van der Waals surface area contributed by atoms with Crippen molar-refractivity contribution in [3.05, 3.63) is 58.7 Å². The van der Waals surface area contributed by atoms with Gasteiger partial charge in [0.1, 0.15) is 0 Å². The topological polar surface area (TPSA) is 92.4 Å². The minimum Gasteiger partial charge on any atom is -0.398 e. The van der Waals surface area contributed by atoms with Gasteiger partial charge in [-0.25, -0.2) is 0 Å². The largest absolute Gasteiger partial charge is 0.398 e. The maximum atomic E-state index is 12.8. The van der Waals surface area contributed by atoms with Crippen LogP contribution in [0.4, 0.5) is 11.4 Å². The summed E-state index contributed by atoms with van der Waals surface area (Å²) in [4.78, 5) is 25.4. The Balaban J connectivity index is 2.14. The number of benzene rings is 2. The molecule has 0 atom stereocenters. The van der Waals surface area contributed by atoms with Gasteiger partial charge in [0.25, 0.3) is 0 Å². The highest BCUT2D eigenvalue weighted by atomic mass is 16.3. The first-order valence-electron chi connectivity index (χ1n) is 7.10. The van der Waals surface area contributed by atoms with Crippen molar-refractivity contribution in [3.63, 3.8) is 0 Å². The highest BCUT2D eigenvalue weighted by Crippen LogP contribution is 2.35. The molecule has 0 radical (unpaired) electrons. The van der Waals surface area contributed by atoms with Gasteiger partial charge in [0.2, 0.25) is 0 Å². The molecule has 2 aromatic carbocycles. The van der Waals surface area contributed by atoms with Crippen molar-refractivity contribution in [2.75, 3.05) is 24.2 Å². The number of nitrogens with one attached hydrogen (secondary N) is 1. The molecule has 0 amide bonds. The number of aliphatic hydroxyl groups excluding tert-OH is 1. The first kappa shape index (κ1) is 14.3. The summed E-state index contributed by atoms with van der Waals surface area (Å²) in [6.07, 6.45) is 0.553. The highest BCUT2D eigenvalue weighted by Gasteiger charge is 2.33. The van der Waals surface area contributed by atoms with Crippen LogP contribution in [0.5, 0.6) is 0 Å². The van der Waals surface area contributed by atoms with E-state index in [1.807, 2.05) is 0 Å². The average molecular weight is 296 g/mol. The van der Waals surface area contributed by atoms with E-state index in [9.17, 15) is 9.59 Å². The van der Waals surface area contributed by atoms with E-state index in [4.69, 9.17) is 10.8 Å². The summed E-state index contributed by atoms with van der Waals surface area (Å²) < 4.78 is 0. The van der Waals surface area contributed by atoms with Crippen molar-refractivity contribution in [1.29, 1.82) is 0 Å². The van der Waals surface area contributed by atoms with Crippen molar-refractivity contribution < 1.29 is 14.7 Å². The Morgan fingerprint density at radius 1 is 0.955 bits per heavy atom. The molecule has 1 aliphatic rings. The van der Waals surface area contributed by atoms with Gasteiger partial charge in [-0.2, -0.15) is 0 Å². The molecule has 0 bridgehead atoms. The molecule has 0 aliphatic heterocycles. The summed E-state index contributed by atoms with van der Waals surface area (Å²) in [5.41, 5.74) is 8.18. The van der Waals surface area contributed by atoms with Gasteiger partial charge < -0.3 is 16.2 Å². The molecule has 5 nitrogen and oxygen atoms in total. The van der Waals surface area contributed by atoms with Crippen LogP contribution in [0.2, 0.25) is 0 Å². The number of nitrogens with two attached hydrogens (primary N) is 1. The SMILES string of the molecule is Nc1ccc(NCCCO)c2c1C(=O)c1ccccc1C2=O. The molecule has 1 aliphatic carbocycles. The van der Waals surface area contributed by atoms with Crippen molar-refractivity contribution in [1.82, 2.24) is 0 Å². The highest BCUT2D eigenvalue weighted by molar-refractivity contribution is 6.31. The van der Waals surface area contributed by atoms with Gasteiger partial charge in [0.05, 0.1) is 11.1 Å². The van der Waals surface area contributed by atoms with E-state index in [0.29, 0.717) is 41.0 Å². The molecule has 0 aromatic heterocycles. The van der Waals surface area contributed by atoms with E-state index in [1.165, 1.54) is 0 Å². The van der Waals surface area contributed by atoms with E-state index in [-0.39, 0.29) is 23.7 Å². The van der Waals surface area contributed by atoms with Crippen LogP contribution in [0.1, 0.15) is 38.3 Å². The fourth-order valence-corrected chi connectivity index (χ4v) is 2.70. The number of anilines is 2. The summed E-state index contributed by atoms with van der Waals surface area (Å²) in [5.74, 6) is -0.433. The molecule has 22 heavy (non-hydrogen) atoms. The van der Waals surface area contributed by atoms with Crippen LogP contribution in [0.3, 0.4) is 0 Å². The van der Waals surface area contributed by atoms with E-state index in [2.05, 4.69) is 5.32 Å². The summed E-state index contributed by atoms with van der Waals surface area (Å²) in [6, 6.07) is 10.1. The standard InChI is InChI=1S/C17H16N2O3/c18-12-6-7-13(19-8-3-9-20)15-14(12)16(21)10-4-1-2-5-11(10)17(15)22/h1-2,4-7,19-20H,3,8-9,18H2. The van der Waals surface area contributed by atoms with E-state index >= 15 is 0 Å². The molecule has 0 unspecified atom stereocenters. The van der Waals surface area contributed by atoms with Crippen LogP contribution >= 0.6 is 0 Å². The van der Waals surface area contributed by atoms with Crippen LogP contribution in [-0.4, -0.2) is 29.8 Å². The number of nitrogen functional groups attached to an aromatic ring is 1. The lowest BCUT2D eigenvalue weighted by Crippen LogP contribution is -2.24. The van der Waals surface area contributed by atoms with Crippen molar-refractivity contribution in [3.8, 4) is 0 Å². The fourth-order valence-electron chi connectivity index (χ4n) is 2.70. The second-order valence-corrected chi connectivity index (χ2v) is 5.16. The van der Waals surface area contributed by atoms with E-state index in [0.717, 1.165) is 0 Å². The van der Waals surface area contributed by atoms with Crippen LogP contribution in [0, 0.1) is 0 Å². The summed E-state index contributed by atoms with van der Waals surface area (Å²) in [5, 5.41) is 12.0. The second kappa shape index (κ2) is 5.61. The van der Waals surface area contributed by atoms with Gasteiger partial charge in [-0.15, -0.1) is 0 Å². The smallest absolute Gasteiger partial charge is 0.196 e. The number of hydrogen-bond donors (Lipinski definition) is 3. The Hall–Kier alpha value is -2.66. The van der Waals surface area contributed by atoms with Crippen LogP contribution in [0.15, 0.2) is 36.4 Å². The third-order valence-corrected chi connectivity index (χ3v) is 3.76. The Kier molecular flexibility index (Phi) is 3.65. The number of rotatable bonds is 4. The maximum absolute atomic E-state index is 12.8. The van der Waals surface area contributed by atoms with Crippen molar-refractivity contribution >= 4 is 22.9 Å². The quantitative estimate of drug-likeness (QED) is 0.504. The van der Waals surface area contributed by atoms with Gasteiger partial charge in [-0.05, 0) is 18.6 Å².